The van der Waals surface area contributed by atoms with E-state index in [1.165, 1.54) is 12.1 Å². The molecule has 1 aliphatic heterocycles. The average Bonchev–Trinajstić information content (AvgIpc) is 2.85. The van der Waals surface area contributed by atoms with Crippen LogP contribution in [0.1, 0.15) is 12.8 Å². The summed E-state index contributed by atoms with van der Waals surface area (Å²) in [5.41, 5.74) is 0.349. The van der Waals surface area contributed by atoms with E-state index in [0.717, 1.165) is 25.9 Å². The van der Waals surface area contributed by atoms with E-state index in [-0.39, 0.29) is 10.8 Å². The van der Waals surface area contributed by atoms with Crippen LogP contribution in [0.5, 0.6) is 5.75 Å². The van der Waals surface area contributed by atoms with Gasteiger partial charge in [0.25, 0.3) is 0 Å². The minimum atomic E-state index is -0.0986. The summed E-state index contributed by atoms with van der Waals surface area (Å²) >= 11 is 11.7. The van der Waals surface area contributed by atoms with Gasteiger partial charge in [0.15, 0.2) is 0 Å². The SMILES string of the molecule is N#CC(=Nc1cc(O)c(Cl)cc1Cl)N1CCCC1. The van der Waals surface area contributed by atoms with E-state index in [0.29, 0.717) is 16.5 Å². The highest BCUT2D eigenvalue weighted by molar-refractivity contribution is 6.37. The molecule has 1 saturated heterocycles. The zero-order valence-corrected chi connectivity index (χ0v) is 11.0. The van der Waals surface area contributed by atoms with Crippen molar-refractivity contribution in [1.82, 2.24) is 4.90 Å². The van der Waals surface area contributed by atoms with Gasteiger partial charge in [-0.15, -0.1) is 0 Å². The monoisotopic (exact) mass is 283 g/mol. The molecule has 1 aliphatic rings. The van der Waals surface area contributed by atoms with Gasteiger partial charge in [-0.25, -0.2) is 4.99 Å². The summed E-state index contributed by atoms with van der Waals surface area (Å²) in [6.45, 7) is 1.65. The van der Waals surface area contributed by atoms with Crippen molar-refractivity contribution in [1.29, 1.82) is 5.26 Å². The van der Waals surface area contributed by atoms with Crippen LogP contribution in [0.4, 0.5) is 5.69 Å². The number of likely N-dealkylation sites (tertiary alicyclic amines) is 1. The number of amidine groups is 1. The van der Waals surface area contributed by atoms with Gasteiger partial charge in [-0.2, -0.15) is 5.26 Å². The summed E-state index contributed by atoms with van der Waals surface area (Å²) in [5.74, 6) is 0.217. The van der Waals surface area contributed by atoms with Gasteiger partial charge < -0.3 is 10.0 Å². The minimum absolute atomic E-state index is 0.0986. The molecule has 1 N–H and O–H groups in total. The molecule has 1 aromatic rings. The van der Waals surface area contributed by atoms with Crippen LogP contribution in [0.3, 0.4) is 0 Å². The topological polar surface area (TPSA) is 59.6 Å². The molecule has 0 amide bonds. The number of hydrogen-bond donors (Lipinski definition) is 1. The molecule has 0 aromatic heterocycles. The number of benzene rings is 1. The van der Waals surface area contributed by atoms with Crippen LogP contribution in [-0.2, 0) is 0 Å². The molecule has 0 bridgehead atoms. The van der Waals surface area contributed by atoms with Crippen LogP contribution in [-0.4, -0.2) is 28.9 Å². The molecule has 0 atom stereocenters. The molecule has 6 heteroatoms. The van der Waals surface area contributed by atoms with Gasteiger partial charge >= 0.3 is 0 Å². The summed E-state index contributed by atoms with van der Waals surface area (Å²) in [4.78, 5) is 6.10. The molecule has 0 radical (unpaired) electrons. The lowest BCUT2D eigenvalue weighted by atomic mass is 10.3. The average molecular weight is 284 g/mol. The van der Waals surface area contributed by atoms with E-state index >= 15 is 0 Å². The number of nitrogens with zero attached hydrogens (tertiary/aromatic N) is 3. The van der Waals surface area contributed by atoms with Crippen LogP contribution in [0.2, 0.25) is 10.0 Å². The molecular weight excluding hydrogens is 273 g/mol. The van der Waals surface area contributed by atoms with Crippen LogP contribution in [0, 0.1) is 11.3 Å². The Labute approximate surface area is 115 Å². The summed E-state index contributed by atoms with van der Waals surface area (Å²) < 4.78 is 0. The highest BCUT2D eigenvalue weighted by Crippen LogP contribution is 2.35. The largest absolute Gasteiger partial charge is 0.506 e. The number of hydrogen-bond acceptors (Lipinski definition) is 3. The van der Waals surface area contributed by atoms with Crippen LogP contribution in [0.25, 0.3) is 0 Å². The molecule has 0 spiro atoms. The summed E-state index contributed by atoms with van der Waals surface area (Å²) in [7, 11) is 0. The van der Waals surface area contributed by atoms with Gasteiger partial charge in [-0.05, 0) is 18.9 Å². The van der Waals surface area contributed by atoms with Gasteiger partial charge in [-0.1, -0.05) is 23.2 Å². The molecule has 0 saturated carbocycles. The third-order valence-electron chi connectivity index (χ3n) is 2.75. The Kier molecular flexibility index (Phi) is 3.95. The number of rotatable bonds is 1. The Morgan fingerprint density at radius 2 is 1.94 bits per heavy atom. The number of phenols is 1. The molecule has 1 heterocycles. The van der Waals surface area contributed by atoms with Crippen molar-refractivity contribution in [2.45, 2.75) is 12.8 Å². The Morgan fingerprint density at radius 1 is 1.28 bits per heavy atom. The number of aromatic hydroxyl groups is 1. The van der Waals surface area contributed by atoms with Crippen LogP contribution in [0.15, 0.2) is 17.1 Å². The molecule has 1 fully saturated rings. The Balaban J connectivity index is 2.36. The fourth-order valence-corrected chi connectivity index (χ4v) is 2.25. The van der Waals surface area contributed by atoms with Crippen LogP contribution < -0.4 is 0 Å². The van der Waals surface area contributed by atoms with E-state index in [9.17, 15) is 5.11 Å². The van der Waals surface area contributed by atoms with E-state index in [1.807, 2.05) is 4.90 Å². The number of phenolic OH excluding ortho intramolecular Hbond substituents is 1. The quantitative estimate of drug-likeness (QED) is 0.635. The maximum Gasteiger partial charge on any atom is 0.209 e. The second kappa shape index (κ2) is 5.47. The van der Waals surface area contributed by atoms with Gasteiger partial charge in [0.1, 0.15) is 11.8 Å². The molecule has 4 nitrogen and oxygen atoms in total. The molecule has 0 aliphatic carbocycles. The van der Waals surface area contributed by atoms with E-state index in [1.54, 1.807) is 0 Å². The third kappa shape index (κ3) is 2.69. The molecular formula is C12H11Cl2N3O. The van der Waals surface area contributed by atoms with Crippen molar-refractivity contribution in [2.75, 3.05) is 13.1 Å². The molecule has 94 valence electrons. The third-order valence-corrected chi connectivity index (χ3v) is 3.35. The van der Waals surface area contributed by atoms with Crippen molar-refractivity contribution in [2.24, 2.45) is 4.99 Å². The maximum atomic E-state index is 9.52. The van der Waals surface area contributed by atoms with E-state index < -0.39 is 0 Å². The second-order valence-corrected chi connectivity index (χ2v) is 4.81. The Morgan fingerprint density at radius 3 is 2.56 bits per heavy atom. The highest BCUT2D eigenvalue weighted by Gasteiger charge is 2.16. The van der Waals surface area contributed by atoms with Gasteiger partial charge in [0, 0.05) is 19.2 Å². The summed E-state index contributed by atoms with van der Waals surface area (Å²) in [6.07, 6.45) is 2.11. The zero-order chi connectivity index (χ0) is 13.1. The van der Waals surface area contributed by atoms with Gasteiger partial charge in [0.2, 0.25) is 5.84 Å². The first-order valence-electron chi connectivity index (χ1n) is 5.53. The van der Waals surface area contributed by atoms with Crippen molar-refractivity contribution in [3.8, 4) is 11.8 Å². The van der Waals surface area contributed by atoms with Crippen molar-refractivity contribution in [3.05, 3.63) is 22.2 Å². The van der Waals surface area contributed by atoms with Gasteiger partial charge in [0.05, 0.1) is 15.7 Å². The van der Waals surface area contributed by atoms with Gasteiger partial charge in [-0.3, -0.25) is 0 Å². The van der Waals surface area contributed by atoms with Crippen molar-refractivity contribution < 1.29 is 5.11 Å². The smallest absolute Gasteiger partial charge is 0.209 e. The Hall–Kier alpha value is -1.44. The predicted octanol–water partition coefficient (Wildman–Crippen LogP) is 3.35. The summed E-state index contributed by atoms with van der Waals surface area (Å²) in [5, 5.41) is 19.1. The van der Waals surface area contributed by atoms with Crippen LogP contribution >= 0.6 is 23.2 Å². The lowest BCUT2D eigenvalue weighted by molar-refractivity contribution is 0.476. The fraction of sp³-hybridized carbons (Fsp3) is 0.333. The summed E-state index contributed by atoms with van der Waals surface area (Å²) in [6, 6.07) is 4.83. The molecule has 2 rings (SSSR count). The number of nitriles is 1. The second-order valence-electron chi connectivity index (χ2n) is 4.00. The first kappa shape index (κ1) is 13.0. The minimum Gasteiger partial charge on any atom is -0.506 e. The first-order valence-corrected chi connectivity index (χ1v) is 6.29. The standard InChI is InChI=1S/C12H11Cl2N3O/c13-8-5-9(14)11(18)6-10(8)16-12(7-15)17-3-1-2-4-17/h5-6,18H,1-4H2. The lowest BCUT2D eigenvalue weighted by Crippen LogP contribution is -2.26. The number of aliphatic imine (C=N–C) groups is 1. The van der Waals surface area contributed by atoms with E-state index in [4.69, 9.17) is 28.5 Å². The molecule has 1 aromatic carbocycles. The van der Waals surface area contributed by atoms with Crippen molar-refractivity contribution in [3.63, 3.8) is 0 Å². The fourth-order valence-electron chi connectivity index (χ4n) is 1.82. The molecule has 18 heavy (non-hydrogen) atoms. The highest BCUT2D eigenvalue weighted by atomic mass is 35.5. The predicted molar refractivity (Wildman–Crippen MR) is 71.6 cm³/mol. The molecule has 0 unspecified atom stereocenters. The zero-order valence-electron chi connectivity index (χ0n) is 9.53. The lowest BCUT2D eigenvalue weighted by Gasteiger charge is -2.14. The van der Waals surface area contributed by atoms with Crippen molar-refractivity contribution >= 4 is 34.7 Å². The normalized spacial score (nSPS) is 15.8. The number of halogens is 2. The van der Waals surface area contributed by atoms with E-state index in [2.05, 4.69) is 11.1 Å². The maximum absolute atomic E-state index is 9.52. The first-order chi connectivity index (χ1) is 8.61. The Bertz CT molecular complexity index is 531.